The minimum atomic E-state index is -0.477. The fourth-order valence-electron chi connectivity index (χ4n) is 3.18. The summed E-state index contributed by atoms with van der Waals surface area (Å²) in [6, 6.07) is 24.6. The van der Waals surface area contributed by atoms with Crippen molar-refractivity contribution in [3.8, 4) is 0 Å². The van der Waals surface area contributed by atoms with Crippen molar-refractivity contribution in [1.82, 2.24) is 9.36 Å². The van der Waals surface area contributed by atoms with Crippen molar-refractivity contribution in [2.75, 3.05) is 16.4 Å². The summed E-state index contributed by atoms with van der Waals surface area (Å²) >= 11 is 4.16. The SMILES string of the molecule is CCSc1nsc(NC(=O)C(Sc2ccc(NC(=O)c3ccc(C)cc3)cc2)c2ccccc2)n1. The number of aromatic nitrogens is 2. The molecule has 0 aliphatic heterocycles. The molecule has 2 N–H and O–H groups in total. The van der Waals surface area contributed by atoms with Crippen molar-refractivity contribution in [2.24, 2.45) is 0 Å². The molecule has 1 unspecified atom stereocenters. The predicted octanol–water partition coefficient (Wildman–Crippen LogP) is 6.68. The van der Waals surface area contributed by atoms with Crippen LogP contribution in [-0.2, 0) is 4.79 Å². The Morgan fingerprint density at radius 2 is 1.66 bits per heavy atom. The summed E-state index contributed by atoms with van der Waals surface area (Å²) in [5.74, 6) is 0.542. The van der Waals surface area contributed by atoms with E-state index >= 15 is 0 Å². The van der Waals surface area contributed by atoms with Crippen LogP contribution in [0.1, 0.15) is 33.7 Å². The summed E-state index contributed by atoms with van der Waals surface area (Å²) in [6.07, 6.45) is 0. The van der Waals surface area contributed by atoms with E-state index in [1.807, 2.05) is 80.6 Å². The molecular formula is C26H24N4O2S3. The van der Waals surface area contributed by atoms with Gasteiger partial charge in [-0.1, -0.05) is 66.7 Å². The standard InChI is InChI=1S/C26H24N4O2S3/c1-3-33-26-29-25(35-30-26)28-24(32)22(18-7-5-4-6-8-18)34-21-15-13-20(14-16-21)27-23(31)19-11-9-17(2)10-12-19/h4-16,22H,3H2,1-2H3,(H,27,31)(H,28,29,30,32). The van der Waals surface area contributed by atoms with Crippen LogP contribution in [0.4, 0.5) is 10.8 Å². The maximum absolute atomic E-state index is 13.2. The Hall–Kier alpha value is -3.14. The zero-order chi connectivity index (χ0) is 24.6. The highest BCUT2D eigenvalue weighted by Gasteiger charge is 2.23. The van der Waals surface area contributed by atoms with Crippen molar-refractivity contribution in [3.63, 3.8) is 0 Å². The molecule has 0 aliphatic rings. The third-order valence-electron chi connectivity index (χ3n) is 4.93. The number of benzene rings is 3. The van der Waals surface area contributed by atoms with Crippen LogP contribution in [-0.4, -0.2) is 26.9 Å². The second-order valence-corrected chi connectivity index (χ2v) is 10.7. The van der Waals surface area contributed by atoms with Crippen LogP contribution in [0.3, 0.4) is 0 Å². The topological polar surface area (TPSA) is 84.0 Å². The van der Waals surface area contributed by atoms with Crippen LogP contribution in [0.15, 0.2) is 88.9 Å². The van der Waals surface area contributed by atoms with Gasteiger partial charge in [0.2, 0.25) is 16.2 Å². The summed E-state index contributed by atoms with van der Waals surface area (Å²) in [6.45, 7) is 4.02. The Morgan fingerprint density at radius 3 is 2.34 bits per heavy atom. The number of thioether (sulfide) groups is 2. The maximum Gasteiger partial charge on any atom is 0.255 e. The third kappa shape index (κ3) is 6.94. The summed E-state index contributed by atoms with van der Waals surface area (Å²) in [7, 11) is 0. The molecule has 0 radical (unpaired) electrons. The number of nitrogens with one attached hydrogen (secondary N) is 2. The van der Waals surface area contributed by atoms with Gasteiger partial charge in [0, 0.05) is 27.7 Å². The number of amides is 2. The van der Waals surface area contributed by atoms with Crippen LogP contribution in [0, 0.1) is 6.92 Å². The molecule has 0 saturated carbocycles. The lowest BCUT2D eigenvalue weighted by atomic mass is 10.1. The van der Waals surface area contributed by atoms with E-state index in [4.69, 9.17) is 0 Å². The van der Waals surface area contributed by atoms with Gasteiger partial charge in [0.15, 0.2) is 0 Å². The van der Waals surface area contributed by atoms with Crippen molar-refractivity contribution in [3.05, 3.63) is 95.6 Å². The molecule has 0 aliphatic carbocycles. The number of aryl methyl sites for hydroxylation is 1. The van der Waals surface area contributed by atoms with Gasteiger partial charge >= 0.3 is 0 Å². The number of rotatable bonds is 9. The summed E-state index contributed by atoms with van der Waals surface area (Å²) < 4.78 is 4.27. The first-order valence-electron chi connectivity index (χ1n) is 11.0. The lowest BCUT2D eigenvalue weighted by Crippen LogP contribution is -2.19. The van der Waals surface area contributed by atoms with Gasteiger partial charge in [0.25, 0.3) is 5.91 Å². The molecule has 6 nitrogen and oxygen atoms in total. The van der Waals surface area contributed by atoms with Crippen molar-refractivity contribution < 1.29 is 9.59 Å². The second kappa shape index (κ2) is 12.0. The molecule has 9 heteroatoms. The summed E-state index contributed by atoms with van der Waals surface area (Å²) in [5, 5.41) is 6.51. The molecule has 1 heterocycles. The number of carbonyl (C=O) groups is 2. The molecule has 178 valence electrons. The number of hydrogen-bond donors (Lipinski definition) is 2. The third-order valence-corrected chi connectivity index (χ3v) is 7.67. The van der Waals surface area contributed by atoms with E-state index in [0.29, 0.717) is 21.5 Å². The van der Waals surface area contributed by atoms with Crippen molar-refractivity contribution >= 4 is 57.7 Å². The molecule has 0 saturated heterocycles. The van der Waals surface area contributed by atoms with Gasteiger partial charge in [-0.15, -0.1) is 11.8 Å². The quantitative estimate of drug-likeness (QED) is 0.239. The second-order valence-electron chi connectivity index (χ2n) is 7.56. The lowest BCUT2D eigenvalue weighted by molar-refractivity contribution is -0.115. The monoisotopic (exact) mass is 520 g/mol. The van der Waals surface area contributed by atoms with Gasteiger partial charge < -0.3 is 5.32 Å². The van der Waals surface area contributed by atoms with Crippen molar-refractivity contribution in [1.29, 1.82) is 0 Å². The Kier molecular flexibility index (Phi) is 8.57. The molecule has 4 aromatic rings. The van der Waals surface area contributed by atoms with E-state index in [1.54, 1.807) is 12.1 Å². The van der Waals surface area contributed by atoms with E-state index in [9.17, 15) is 9.59 Å². The average Bonchev–Trinajstić information content (AvgIpc) is 3.31. The molecule has 0 spiro atoms. The summed E-state index contributed by atoms with van der Waals surface area (Å²) in [5.41, 5.74) is 3.29. The Morgan fingerprint density at radius 1 is 0.943 bits per heavy atom. The number of anilines is 2. The minimum absolute atomic E-state index is 0.162. The van der Waals surface area contributed by atoms with Crippen LogP contribution in [0.25, 0.3) is 0 Å². The van der Waals surface area contributed by atoms with E-state index in [0.717, 1.165) is 21.8 Å². The van der Waals surface area contributed by atoms with E-state index in [1.165, 1.54) is 35.1 Å². The van der Waals surface area contributed by atoms with E-state index in [-0.39, 0.29) is 11.8 Å². The highest BCUT2D eigenvalue weighted by molar-refractivity contribution is 8.00. The van der Waals surface area contributed by atoms with Gasteiger partial charge in [-0.2, -0.15) is 9.36 Å². The fraction of sp³-hybridized carbons (Fsp3) is 0.154. The van der Waals surface area contributed by atoms with Crippen LogP contribution in [0.5, 0.6) is 0 Å². The fourth-order valence-corrected chi connectivity index (χ4v) is 5.48. The zero-order valence-corrected chi connectivity index (χ0v) is 21.7. The van der Waals surface area contributed by atoms with Gasteiger partial charge in [-0.25, -0.2) is 0 Å². The molecule has 35 heavy (non-hydrogen) atoms. The minimum Gasteiger partial charge on any atom is -0.322 e. The maximum atomic E-state index is 13.2. The Bertz CT molecular complexity index is 1280. The first-order valence-corrected chi connectivity index (χ1v) is 13.6. The van der Waals surface area contributed by atoms with Crippen LogP contribution in [0.2, 0.25) is 0 Å². The molecular weight excluding hydrogens is 497 g/mol. The molecule has 2 amide bonds. The zero-order valence-electron chi connectivity index (χ0n) is 19.2. The molecule has 4 rings (SSSR count). The normalized spacial score (nSPS) is 11.6. The highest BCUT2D eigenvalue weighted by Crippen LogP contribution is 2.37. The van der Waals surface area contributed by atoms with Crippen LogP contribution >= 0.6 is 35.1 Å². The first-order chi connectivity index (χ1) is 17.0. The molecule has 0 bridgehead atoms. The Labute approximate surface area is 217 Å². The molecule has 1 atom stereocenters. The summed E-state index contributed by atoms with van der Waals surface area (Å²) in [4.78, 5) is 31.0. The number of carbonyl (C=O) groups excluding carboxylic acids is 2. The molecule has 1 aromatic heterocycles. The van der Waals surface area contributed by atoms with Crippen molar-refractivity contribution in [2.45, 2.75) is 29.1 Å². The lowest BCUT2D eigenvalue weighted by Gasteiger charge is -2.16. The predicted molar refractivity (Wildman–Crippen MR) is 146 cm³/mol. The van der Waals surface area contributed by atoms with Crippen LogP contribution < -0.4 is 10.6 Å². The molecule has 0 fully saturated rings. The largest absolute Gasteiger partial charge is 0.322 e. The highest BCUT2D eigenvalue weighted by atomic mass is 32.2. The van der Waals surface area contributed by atoms with Gasteiger partial charge in [-0.05, 0) is 54.6 Å². The Balaban J connectivity index is 1.46. The van der Waals surface area contributed by atoms with E-state index < -0.39 is 5.25 Å². The van der Waals surface area contributed by atoms with Gasteiger partial charge in [-0.3, -0.25) is 14.9 Å². The molecule has 3 aromatic carbocycles. The van der Waals surface area contributed by atoms with Gasteiger partial charge in [0.1, 0.15) is 5.25 Å². The smallest absolute Gasteiger partial charge is 0.255 e. The van der Waals surface area contributed by atoms with Gasteiger partial charge in [0.05, 0.1) is 0 Å². The van der Waals surface area contributed by atoms with E-state index in [2.05, 4.69) is 20.0 Å². The average molecular weight is 521 g/mol. The number of nitrogens with zero attached hydrogens (tertiary/aromatic N) is 2. The number of hydrogen-bond acceptors (Lipinski definition) is 7. The first kappa shape index (κ1) is 25.0.